The number of nitrogen functional groups attached to an aromatic ring is 1. The molecule has 0 fully saturated rings. The molecule has 0 heterocycles. The lowest BCUT2D eigenvalue weighted by atomic mass is 10.1. The van der Waals surface area contributed by atoms with E-state index in [-0.39, 0.29) is 0 Å². The first-order valence-electron chi connectivity index (χ1n) is 6.02. The van der Waals surface area contributed by atoms with E-state index in [2.05, 4.69) is 11.4 Å². The van der Waals surface area contributed by atoms with Crippen molar-refractivity contribution in [2.75, 3.05) is 17.7 Å². The molecule has 0 radical (unpaired) electrons. The van der Waals surface area contributed by atoms with Crippen LogP contribution in [0.3, 0.4) is 0 Å². The predicted octanol–water partition coefficient (Wildman–Crippen LogP) is 3.28. The van der Waals surface area contributed by atoms with E-state index >= 15 is 0 Å². The standard InChI is InChI=1S/C15H15N3O/c1-2-19-14-5-3-4-13(9-14)18-15-7-6-12(17)8-11(15)10-16/h3-9,18H,2,17H2,1H3. The van der Waals surface area contributed by atoms with E-state index in [1.165, 1.54) is 0 Å². The van der Waals surface area contributed by atoms with Gasteiger partial charge in [-0.15, -0.1) is 0 Å². The molecule has 0 spiro atoms. The van der Waals surface area contributed by atoms with E-state index in [1.807, 2.05) is 31.2 Å². The summed E-state index contributed by atoms with van der Waals surface area (Å²) in [4.78, 5) is 0. The molecule has 96 valence electrons. The highest BCUT2D eigenvalue weighted by Crippen LogP contribution is 2.25. The van der Waals surface area contributed by atoms with Crippen LogP contribution in [0.4, 0.5) is 17.1 Å². The lowest BCUT2D eigenvalue weighted by Crippen LogP contribution is -1.96. The number of anilines is 3. The number of nitrogens with two attached hydrogens (primary N) is 1. The van der Waals surface area contributed by atoms with Crippen molar-refractivity contribution >= 4 is 17.1 Å². The van der Waals surface area contributed by atoms with E-state index in [1.54, 1.807) is 18.2 Å². The van der Waals surface area contributed by atoms with Crippen LogP contribution in [0, 0.1) is 11.3 Å². The van der Waals surface area contributed by atoms with Crippen molar-refractivity contribution in [3.8, 4) is 11.8 Å². The largest absolute Gasteiger partial charge is 0.494 e. The second kappa shape index (κ2) is 5.78. The molecule has 0 aliphatic heterocycles. The summed E-state index contributed by atoms with van der Waals surface area (Å²) in [5, 5.41) is 12.3. The Balaban J connectivity index is 2.26. The summed E-state index contributed by atoms with van der Waals surface area (Å²) in [6, 6.07) is 14.9. The first kappa shape index (κ1) is 12.8. The molecule has 0 aromatic heterocycles. The maximum atomic E-state index is 9.09. The van der Waals surface area contributed by atoms with Gasteiger partial charge >= 0.3 is 0 Å². The minimum absolute atomic E-state index is 0.516. The zero-order valence-electron chi connectivity index (χ0n) is 10.7. The van der Waals surface area contributed by atoms with Crippen molar-refractivity contribution in [1.82, 2.24) is 0 Å². The first-order valence-corrected chi connectivity index (χ1v) is 6.02. The van der Waals surface area contributed by atoms with Crippen LogP contribution in [0.5, 0.6) is 5.75 Å². The number of benzene rings is 2. The quantitative estimate of drug-likeness (QED) is 0.820. The van der Waals surface area contributed by atoms with Gasteiger partial charge < -0.3 is 15.8 Å². The number of nitrogens with zero attached hydrogens (tertiary/aromatic N) is 1. The number of nitrogens with one attached hydrogen (secondary N) is 1. The third-order valence-electron chi connectivity index (χ3n) is 2.59. The Morgan fingerprint density at radius 1 is 1.26 bits per heavy atom. The van der Waals surface area contributed by atoms with Gasteiger partial charge in [-0.25, -0.2) is 0 Å². The van der Waals surface area contributed by atoms with Crippen molar-refractivity contribution in [2.24, 2.45) is 0 Å². The Hall–Kier alpha value is -2.67. The normalized spacial score (nSPS) is 9.68. The number of hydrogen-bond acceptors (Lipinski definition) is 4. The van der Waals surface area contributed by atoms with Crippen molar-refractivity contribution in [1.29, 1.82) is 5.26 Å². The molecule has 0 amide bonds. The van der Waals surface area contributed by atoms with Crippen molar-refractivity contribution in [2.45, 2.75) is 6.92 Å². The molecule has 0 atom stereocenters. The van der Waals surface area contributed by atoms with Gasteiger partial charge in [0.15, 0.2) is 0 Å². The topological polar surface area (TPSA) is 71.1 Å². The summed E-state index contributed by atoms with van der Waals surface area (Å²) in [6.45, 7) is 2.56. The molecule has 2 rings (SSSR count). The number of hydrogen-bond donors (Lipinski definition) is 2. The molecular formula is C15H15N3O. The molecule has 0 unspecified atom stereocenters. The van der Waals surface area contributed by atoms with Gasteiger partial charge in [0.2, 0.25) is 0 Å². The Kier molecular flexibility index (Phi) is 3.89. The van der Waals surface area contributed by atoms with E-state index < -0.39 is 0 Å². The molecular weight excluding hydrogens is 238 g/mol. The van der Waals surface area contributed by atoms with Crippen molar-refractivity contribution < 1.29 is 4.74 Å². The highest BCUT2D eigenvalue weighted by atomic mass is 16.5. The van der Waals surface area contributed by atoms with Gasteiger partial charge in [-0.1, -0.05) is 6.07 Å². The molecule has 0 aliphatic carbocycles. The molecule has 0 saturated heterocycles. The summed E-state index contributed by atoms with van der Waals surface area (Å²) < 4.78 is 5.43. The Morgan fingerprint density at radius 2 is 2.11 bits per heavy atom. The number of rotatable bonds is 4. The summed E-state index contributed by atoms with van der Waals surface area (Å²) in [5.74, 6) is 0.793. The maximum absolute atomic E-state index is 9.09. The second-order valence-corrected chi connectivity index (χ2v) is 4.00. The Bertz CT molecular complexity index is 617. The first-order chi connectivity index (χ1) is 9.22. The molecule has 0 saturated carbocycles. The molecule has 4 heteroatoms. The van der Waals surface area contributed by atoms with Crippen LogP contribution in [-0.2, 0) is 0 Å². The van der Waals surface area contributed by atoms with Crippen molar-refractivity contribution in [3.05, 3.63) is 48.0 Å². The van der Waals surface area contributed by atoms with Gasteiger partial charge in [0.1, 0.15) is 11.8 Å². The second-order valence-electron chi connectivity index (χ2n) is 4.00. The Labute approximate surface area is 112 Å². The molecule has 3 N–H and O–H groups in total. The van der Waals surface area contributed by atoms with E-state index in [9.17, 15) is 0 Å². The third-order valence-corrected chi connectivity index (χ3v) is 2.59. The van der Waals surface area contributed by atoms with Crippen LogP contribution in [0.25, 0.3) is 0 Å². The predicted molar refractivity (Wildman–Crippen MR) is 76.5 cm³/mol. The zero-order valence-corrected chi connectivity index (χ0v) is 10.7. The van der Waals surface area contributed by atoms with E-state index in [0.717, 1.165) is 17.1 Å². The maximum Gasteiger partial charge on any atom is 0.121 e. The SMILES string of the molecule is CCOc1cccc(Nc2ccc(N)cc2C#N)c1. The number of ether oxygens (including phenoxy) is 1. The lowest BCUT2D eigenvalue weighted by molar-refractivity contribution is 0.340. The zero-order chi connectivity index (χ0) is 13.7. The third kappa shape index (κ3) is 3.17. The minimum Gasteiger partial charge on any atom is -0.494 e. The minimum atomic E-state index is 0.516. The summed E-state index contributed by atoms with van der Waals surface area (Å²) in [5.41, 5.74) is 8.35. The fourth-order valence-corrected chi connectivity index (χ4v) is 1.75. The van der Waals surface area contributed by atoms with E-state index in [4.69, 9.17) is 15.7 Å². The number of nitriles is 1. The van der Waals surface area contributed by atoms with Gasteiger partial charge in [-0.2, -0.15) is 5.26 Å². The molecule has 0 aliphatic rings. The Morgan fingerprint density at radius 3 is 2.84 bits per heavy atom. The molecule has 0 bridgehead atoms. The van der Waals surface area contributed by atoms with Crippen LogP contribution < -0.4 is 15.8 Å². The highest BCUT2D eigenvalue weighted by molar-refractivity contribution is 5.69. The summed E-state index contributed by atoms with van der Waals surface area (Å²) >= 11 is 0. The smallest absolute Gasteiger partial charge is 0.121 e. The monoisotopic (exact) mass is 253 g/mol. The molecule has 19 heavy (non-hydrogen) atoms. The van der Waals surface area contributed by atoms with Gasteiger partial charge in [-0.3, -0.25) is 0 Å². The van der Waals surface area contributed by atoms with Crippen molar-refractivity contribution in [3.63, 3.8) is 0 Å². The van der Waals surface area contributed by atoms with Crippen LogP contribution in [-0.4, -0.2) is 6.61 Å². The molecule has 2 aromatic rings. The summed E-state index contributed by atoms with van der Waals surface area (Å²) in [7, 11) is 0. The van der Waals surface area contributed by atoms with Gasteiger partial charge in [0.05, 0.1) is 17.9 Å². The molecule has 4 nitrogen and oxygen atoms in total. The van der Waals surface area contributed by atoms with Crippen LogP contribution >= 0.6 is 0 Å². The fraction of sp³-hybridized carbons (Fsp3) is 0.133. The van der Waals surface area contributed by atoms with Gasteiger partial charge in [0.25, 0.3) is 0 Å². The van der Waals surface area contributed by atoms with Gasteiger partial charge in [0, 0.05) is 17.4 Å². The molecule has 2 aromatic carbocycles. The van der Waals surface area contributed by atoms with E-state index in [0.29, 0.717) is 17.9 Å². The van der Waals surface area contributed by atoms with Gasteiger partial charge in [-0.05, 0) is 37.3 Å². The van der Waals surface area contributed by atoms with Crippen LogP contribution in [0.1, 0.15) is 12.5 Å². The lowest BCUT2D eigenvalue weighted by Gasteiger charge is -2.10. The van der Waals surface area contributed by atoms with Crippen LogP contribution in [0.2, 0.25) is 0 Å². The average Bonchev–Trinajstić information content (AvgIpc) is 2.41. The average molecular weight is 253 g/mol. The highest BCUT2D eigenvalue weighted by Gasteiger charge is 2.03. The fourth-order valence-electron chi connectivity index (χ4n) is 1.75. The van der Waals surface area contributed by atoms with Crippen LogP contribution in [0.15, 0.2) is 42.5 Å². The summed E-state index contributed by atoms with van der Waals surface area (Å²) in [6.07, 6.45) is 0.